The van der Waals surface area contributed by atoms with Crippen molar-refractivity contribution in [3.8, 4) is 0 Å². The first kappa shape index (κ1) is 19.9. The van der Waals surface area contributed by atoms with E-state index in [1.54, 1.807) is 0 Å². The molecule has 0 aromatic carbocycles. The summed E-state index contributed by atoms with van der Waals surface area (Å²) in [6.07, 6.45) is 5.52. The second-order valence-electron chi connectivity index (χ2n) is 6.14. The van der Waals surface area contributed by atoms with Gasteiger partial charge in [-0.15, -0.1) is 0 Å². The van der Waals surface area contributed by atoms with E-state index in [1.807, 2.05) is 0 Å². The lowest BCUT2D eigenvalue weighted by Gasteiger charge is -2.23. The Kier molecular flexibility index (Phi) is 12.5. The van der Waals surface area contributed by atoms with Crippen LogP contribution in [-0.4, -0.2) is 38.1 Å². The molecule has 0 aromatic rings. The maximum Gasteiger partial charge on any atom is 0.104 e. The molecule has 0 N–H and O–H groups in total. The lowest BCUT2D eigenvalue weighted by molar-refractivity contribution is -0.0892. The first-order valence-electron chi connectivity index (χ1n) is 8.34. The first-order valence-corrected chi connectivity index (χ1v) is 8.34. The van der Waals surface area contributed by atoms with Crippen molar-refractivity contribution in [3.63, 3.8) is 0 Å². The van der Waals surface area contributed by atoms with Gasteiger partial charge in [0.25, 0.3) is 0 Å². The second-order valence-corrected chi connectivity index (χ2v) is 6.14. The van der Waals surface area contributed by atoms with Crippen molar-refractivity contribution in [1.29, 1.82) is 0 Å². The Labute approximate surface area is 126 Å². The third-order valence-corrected chi connectivity index (χ3v) is 3.34. The molecule has 0 fully saturated rings. The fraction of sp³-hybridized carbons (Fsp3) is 1.00. The molecule has 0 amide bonds. The molecule has 1 atom stereocenters. The molecule has 0 spiro atoms. The van der Waals surface area contributed by atoms with Crippen LogP contribution in [0.4, 0.5) is 0 Å². The van der Waals surface area contributed by atoms with Crippen molar-refractivity contribution in [2.24, 2.45) is 5.92 Å². The molecule has 0 bridgehead atoms. The van der Waals surface area contributed by atoms with E-state index in [4.69, 9.17) is 14.2 Å². The van der Waals surface area contributed by atoms with Crippen molar-refractivity contribution in [2.45, 2.75) is 85.5 Å². The maximum absolute atomic E-state index is 6.04. The van der Waals surface area contributed by atoms with Gasteiger partial charge >= 0.3 is 0 Å². The highest BCUT2D eigenvalue weighted by Gasteiger charge is 2.15. The van der Waals surface area contributed by atoms with Crippen molar-refractivity contribution >= 4 is 0 Å². The fourth-order valence-corrected chi connectivity index (χ4v) is 1.91. The van der Waals surface area contributed by atoms with Gasteiger partial charge in [-0.1, -0.05) is 33.1 Å². The summed E-state index contributed by atoms with van der Waals surface area (Å²) < 4.78 is 17.4. The Morgan fingerprint density at radius 2 is 1.30 bits per heavy atom. The molecule has 0 rings (SSSR count). The summed E-state index contributed by atoms with van der Waals surface area (Å²) >= 11 is 0. The molecule has 1 unspecified atom stereocenters. The van der Waals surface area contributed by atoms with E-state index in [9.17, 15) is 0 Å². The summed E-state index contributed by atoms with van der Waals surface area (Å²) in [5.41, 5.74) is 0. The lowest BCUT2D eigenvalue weighted by atomic mass is 10.0. The van der Waals surface area contributed by atoms with E-state index in [2.05, 4.69) is 41.5 Å². The number of ether oxygens (including phenoxy) is 3. The largest absolute Gasteiger partial charge is 0.376 e. The third kappa shape index (κ3) is 11.7. The van der Waals surface area contributed by atoms with Crippen LogP contribution in [0.25, 0.3) is 0 Å². The molecule has 0 saturated carbocycles. The first-order chi connectivity index (χ1) is 9.49. The van der Waals surface area contributed by atoms with Crippen molar-refractivity contribution in [3.05, 3.63) is 0 Å². The molecule has 0 radical (unpaired) electrons. The Hall–Kier alpha value is -0.120. The van der Waals surface area contributed by atoms with Crippen LogP contribution in [0, 0.1) is 5.92 Å². The Morgan fingerprint density at radius 1 is 0.750 bits per heavy atom. The predicted octanol–water partition coefficient (Wildman–Crippen LogP) is 4.44. The second kappa shape index (κ2) is 12.6. The molecule has 0 aromatic heterocycles. The number of hydrogen-bond donors (Lipinski definition) is 0. The Morgan fingerprint density at radius 3 is 1.70 bits per heavy atom. The van der Waals surface area contributed by atoms with E-state index in [1.165, 1.54) is 25.7 Å². The Balaban J connectivity index is 4.09. The van der Waals surface area contributed by atoms with Crippen LogP contribution in [0.1, 0.15) is 67.2 Å². The molecule has 0 aliphatic rings. The van der Waals surface area contributed by atoms with E-state index in [-0.39, 0.29) is 18.3 Å². The SMILES string of the molecule is CCCCC(CC)COC(COC(C)C)COC(C)C. The van der Waals surface area contributed by atoms with E-state index in [0.717, 1.165) is 6.61 Å². The summed E-state index contributed by atoms with van der Waals surface area (Å²) in [5, 5.41) is 0. The summed E-state index contributed by atoms with van der Waals surface area (Å²) in [4.78, 5) is 0. The van der Waals surface area contributed by atoms with Crippen molar-refractivity contribution in [2.75, 3.05) is 19.8 Å². The summed E-state index contributed by atoms with van der Waals surface area (Å²) in [5.74, 6) is 0.663. The third-order valence-electron chi connectivity index (χ3n) is 3.34. The molecule has 3 nitrogen and oxygen atoms in total. The quantitative estimate of drug-likeness (QED) is 0.501. The maximum atomic E-state index is 6.04. The molecule has 0 saturated heterocycles. The molecule has 0 heterocycles. The minimum Gasteiger partial charge on any atom is -0.376 e. The summed E-state index contributed by atoms with van der Waals surface area (Å²) in [6.45, 7) is 14.8. The summed E-state index contributed by atoms with van der Waals surface area (Å²) in [6, 6.07) is 0. The van der Waals surface area contributed by atoms with Crippen molar-refractivity contribution in [1.82, 2.24) is 0 Å². The van der Waals surface area contributed by atoms with Gasteiger partial charge in [0.1, 0.15) is 6.10 Å². The monoisotopic (exact) mass is 288 g/mol. The van der Waals surface area contributed by atoms with Crippen LogP contribution in [0.2, 0.25) is 0 Å². The molecule has 0 aliphatic heterocycles. The van der Waals surface area contributed by atoms with Crippen molar-refractivity contribution < 1.29 is 14.2 Å². The Bertz CT molecular complexity index is 192. The van der Waals surface area contributed by atoms with E-state index in [0.29, 0.717) is 19.1 Å². The van der Waals surface area contributed by atoms with Gasteiger partial charge in [-0.2, -0.15) is 0 Å². The highest BCUT2D eigenvalue weighted by molar-refractivity contribution is 4.62. The molecule has 0 aliphatic carbocycles. The zero-order valence-corrected chi connectivity index (χ0v) is 14.5. The van der Waals surface area contributed by atoms with E-state index >= 15 is 0 Å². The molecule has 122 valence electrons. The number of unbranched alkanes of at least 4 members (excludes halogenated alkanes) is 1. The zero-order chi connectivity index (χ0) is 15.4. The van der Waals surface area contributed by atoms with Crippen LogP contribution in [-0.2, 0) is 14.2 Å². The zero-order valence-electron chi connectivity index (χ0n) is 14.5. The van der Waals surface area contributed by atoms with Gasteiger partial charge in [0.2, 0.25) is 0 Å². The molecular weight excluding hydrogens is 252 g/mol. The predicted molar refractivity (Wildman–Crippen MR) is 85.2 cm³/mol. The van der Waals surface area contributed by atoms with Crippen LogP contribution in [0.15, 0.2) is 0 Å². The molecular formula is C17H36O3. The molecule has 3 heteroatoms. The van der Waals surface area contributed by atoms with Gasteiger partial charge < -0.3 is 14.2 Å². The van der Waals surface area contributed by atoms with Crippen LogP contribution < -0.4 is 0 Å². The fourth-order valence-electron chi connectivity index (χ4n) is 1.91. The van der Waals surface area contributed by atoms with Gasteiger partial charge in [0.15, 0.2) is 0 Å². The normalized spacial score (nSPS) is 13.7. The topological polar surface area (TPSA) is 27.7 Å². The van der Waals surface area contributed by atoms with Gasteiger partial charge in [-0.25, -0.2) is 0 Å². The van der Waals surface area contributed by atoms with Gasteiger partial charge in [-0.3, -0.25) is 0 Å². The standard InChI is InChI=1S/C17H36O3/c1-7-9-10-16(8-2)11-20-17(12-18-14(3)4)13-19-15(5)6/h14-17H,7-13H2,1-6H3. The minimum atomic E-state index is 0.0514. The highest BCUT2D eigenvalue weighted by atomic mass is 16.6. The van der Waals surface area contributed by atoms with Gasteiger partial charge in [0.05, 0.1) is 25.4 Å². The lowest BCUT2D eigenvalue weighted by Crippen LogP contribution is -2.30. The smallest absolute Gasteiger partial charge is 0.104 e. The summed E-state index contributed by atoms with van der Waals surface area (Å²) in [7, 11) is 0. The molecule has 20 heavy (non-hydrogen) atoms. The van der Waals surface area contributed by atoms with Gasteiger partial charge in [0, 0.05) is 6.61 Å². The highest BCUT2D eigenvalue weighted by Crippen LogP contribution is 2.14. The van der Waals surface area contributed by atoms with Gasteiger partial charge in [-0.05, 0) is 40.0 Å². The average Bonchev–Trinajstić information content (AvgIpc) is 2.40. The number of hydrogen-bond acceptors (Lipinski definition) is 3. The van der Waals surface area contributed by atoms with E-state index < -0.39 is 0 Å². The average molecular weight is 288 g/mol. The van der Waals surface area contributed by atoms with Crippen LogP contribution >= 0.6 is 0 Å². The number of rotatable bonds is 13. The van der Waals surface area contributed by atoms with Crippen LogP contribution in [0.5, 0.6) is 0 Å². The van der Waals surface area contributed by atoms with Crippen LogP contribution in [0.3, 0.4) is 0 Å². The minimum absolute atomic E-state index is 0.0514.